The van der Waals surface area contributed by atoms with E-state index in [4.69, 9.17) is 5.11 Å². The lowest BCUT2D eigenvalue weighted by Crippen LogP contribution is -2.32. The Labute approximate surface area is 60.7 Å². The van der Waals surface area contributed by atoms with Crippen LogP contribution in [0, 0.1) is 0 Å². The van der Waals surface area contributed by atoms with Gasteiger partial charge in [-0.3, -0.25) is 0 Å². The Hall–Kier alpha value is -0.780. The summed E-state index contributed by atoms with van der Waals surface area (Å²) in [6, 6.07) is 0. The van der Waals surface area contributed by atoms with Gasteiger partial charge in [0.25, 0.3) is 0 Å². The van der Waals surface area contributed by atoms with Gasteiger partial charge in [-0.15, -0.1) is 0 Å². The van der Waals surface area contributed by atoms with Crippen molar-refractivity contribution >= 4 is 5.97 Å². The van der Waals surface area contributed by atoms with Gasteiger partial charge in [0.15, 0.2) is 0 Å². The van der Waals surface area contributed by atoms with Crippen LogP contribution >= 0.6 is 0 Å². The highest BCUT2D eigenvalue weighted by Crippen LogP contribution is 2.22. The van der Waals surface area contributed by atoms with Gasteiger partial charge in [0, 0.05) is 10.9 Å². The van der Waals surface area contributed by atoms with Crippen molar-refractivity contribution in [3.8, 4) is 0 Å². The molecule has 0 aliphatic rings. The number of halogens is 3. The zero-order chi connectivity index (χ0) is 9.07. The van der Waals surface area contributed by atoms with Crippen LogP contribution in [0.15, 0.2) is 0 Å². The third-order valence-corrected chi connectivity index (χ3v) is 0.920. The summed E-state index contributed by atoms with van der Waals surface area (Å²) in [5, 5.41) is 8.42. The zero-order valence-corrected chi connectivity index (χ0v) is 5.68. The van der Waals surface area contributed by atoms with Gasteiger partial charge in [-0.05, 0) is 6.92 Å². The largest absolute Gasteiger partial charge is 0.417 e. The lowest BCUT2D eigenvalue weighted by Gasteiger charge is -2.12. The van der Waals surface area contributed by atoms with Crippen LogP contribution in [-0.2, 0) is 9.74 Å². The molecule has 0 rings (SSSR count). The quantitative estimate of drug-likeness (QED) is 0.685. The van der Waals surface area contributed by atoms with Crippen LogP contribution in [0.25, 0.3) is 0 Å². The average molecular weight is 172 g/mol. The Balaban J connectivity index is 4.09. The Bertz CT molecular complexity index is 146. The van der Waals surface area contributed by atoms with E-state index in [-0.39, 0.29) is 0 Å². The molecule has 1 N–H and O–H groups in total. The van der Waals surface area contributed by atoms with Crippen molar-refractivity contribution in [2.75, 3.05) is 0 Å². The third-order valence-electron chi connectivity index (χ3n) is 0.920. The fourth-order valence-corrected chi connectivity index (χ4v) is 0.511. The van der Waals surface area contributed by atoms with Gasteiger partial charge in [-0.2, -0.15) is 8.78 Å². The van der Waals surface area contributed by atoms with Gasteiger partial charge in [0.2, 0.25) is 0 Å². The summed E-state index contributed by atoms with van der Waals surface area (Å²) in [7, 11) is 0. The minimum atomic E-state index is -3.96. The van der Waals surface area contributed by atoms with Crippen molar-refractivity contribution in [2.45, 2.75) is 25.4 Å². The van der Waals surface area contributed by atoms with Crippen LogP contribution in [0.3, 0.4) is 0 Å². The van der Waals surface area contributed by atoms with Crippen LogP contribution in [0.1, 0.15) is 13.3 Å². The topological polar surface area (TPSA) is 46.5 Å². The van der Waals surface area contributed by atoms with Gasteiger partial charge in [0.1, 0.15) is 0 Å². The predicted octanol–water partition coefficient (Wildman–Crippen LogP) is 0.820. The van der Waals surface area contributed by atoms with Crippen LogP contribution in [0.5, 0.6) is 0 Å². The smallest absolute Gasteiger partial charge is 0.393 e. The fraction of sp³-hybridized carbons (Fsp3) is 0.800. The first kappa shape index (κ1) is 10.2. The van der Waals surface area contributed by atoms with Gasteiger partial charge < -0.3 is 5.11 Å². The lowest BCUT2D eigenvalue weighted by molar-refractivity contribution is -0.214. The summed E-state index contributed by atoms with van der Waals surface area (Å²) in [6.07, 6.45) is -2.53. The van der Waals surface area contributed by atoms with E-state index in [1.165, 1.54) is 0 Å². The molecule has 0 aromatic rings. The number of aliphatic hydroxyl groups is 1. The lowest BCUT2D eigenvalue weighted by atomic mass is 10.2. The van der Waals surface area contributed by atoms with Crippen LogP contribution in [-0.4, -0.2) is 23.1 Å². The van der Waals surface area contributed by atoms with Gasteiger partial charge >= 0.3 is 11.9 Å². The van der Waals surface area contributed by atoms with Gasteiger partial charge in [-0.1, -0.05) is 0 Å². The Morgan fingerprint density at radius 1 is 1.73 bits per heavy atom. The molecule has 0 radical (unpaired) electrons. The van der Waals surface area contributed by atoms with Crippen molar-refractivity contribution in [1.29, 1.82) is 0 Å². The second kappa shape index (κ2) is 3.56. The Morgan fingerprint density at radius 3 is 2.45 bits per heavy atom. The molecule has 0 heterocycles. The first-order valence-electron chi connectivity index (χ1n) is 2.79. The molecular formula is C5H7F3O3. The molecule has 3 nitrogen and oxygen atoms in total. The molecule has 1 unspecified atom stereocenters. The maximum Gasteiger partial charge on any atom is 0.417 e. The maximum atomic E-state index is 12.2. The molecule has 0 saturated carbocycles. The number of alkyl halides is 2. The summed E-state index contributed by atoms with van der Waals surface area (Å²) < 4.78 is 35.3. The summed E-state index contributed by atoms with van der Waals surface area (Å²) in [4.78, 5) is 12.2. The van der Waals surface area contributed by atoms with Crippen LogP contribution in [0.4, 0.5) is 13.3 Å². The number of hydrogen-bond acceptors (Lipinski definition) is 3. The van der Waals surface area contributed by atoms with Crippen LogP contribution in [0.2, 0.25) is 0 Å². The molecule has 0 aromatic carbocycles. The van der Waals surface area contributed by atoms with E-state index in [1.807, 2.05) is 0 Å². The number of carbonyl (C=O) groups excluding carboxylic acids is 1. The van der Waals surface area contributed by atoms with Crippen molar-refractivity contribution in [2.24, 2.45) is 0 Å². The first-order chi connectivity index (χ1) is 4.90. The monoisotopic (exact) mass is 172 g/mol. The fourth-order valence-electron chi connectivity index (χ4n) is 0.511. The second-order valence-corrected chi connectivity index (χ2v) is 2.12. The van der Waals surface area contributed by atoms with E-state index in [9.17, 15) is 18.1 Å². The van der Waals surface area contributed by atoms with E-state index in [1.54, 1.807) is 0 Å². The van der Waals surface area contributed by atoms with Crippen molar-refractivity contribution in [3.05, 3.63) is 0 Å². The molecule has 0 spiro atoms. The SMILES string of the molecule is CC(O)CC(F)(F)C(=O)OF. The minimum absolute atomic E-state index is 1.05. The van der Waals surface area contributed by atoms with E-state index >= 15 is 0 Å². The molecule has 0 saturated heterocycles. The molecule has 66 valence electrons. The molecule has 0 amide bonds. The normalized spacial score (nSPS) is 14.3. The van der Waals surface area contributed by atoms with E-state index in [0.29, 0.717) is 0 Å². The highest BCUT2D eigenvalue weighted by atomic mass is 19.3. The number of hydrogen-bond donors (Lipinski definition) is 1. The predicted molar refractivity (Wildman–Crippen MR) is 28.4 cm³/mol. The van der Waals surface area contributed by atoms with E-state index in [0.717, 1.165) is 6.92 Å². The van der Waals surface area contributed by atoms with E-state index in [2.05, 4.69) is 4.94 Å². The van der Waals surface area contributed by atoms with Gasteiger partial charge in [0.05, 0.1) is 6.10 Å². The number of rotatable bonds is 3. The van der Waals surface area contributed by atoms with Crippen molar-refractivity contribution in [3.63, 3.8) is 0 Å². The summed E-state index contributed by atoms with van der Waals surface area (Å²) in [5.74, 6) is -6.23. The highest BCUT2D eigenvalue weighted by Gasteiger charge is 2.42. The van der Waals surface area contributed by atoms with Crippen molar-refractivity contribution in [1.82, 2.24) is 0 Å². The summed E-state index contributed by atoms with van der Waals surface area (Å²) in [5.41, 5.74) is 0. The summed E-state index contributed by atoms with van der Waals surface area (Å²) >= 11 is 0. The first-order valence-corrected chi connectivity index (χ1v) is 2.79. The maximum absolute atomic E-state index is 12.2. The molecule has 6 heteroatoms. The molecule has 0 fully saturated rings. The van der Waals surface area contributed by atoms with Crippen LogP contribution < -0.4 is 0 Å². The zero-order valence-electron chi connectivity index (χ0n) is 5.68. The summed E-state index contributed by atoms with van der Waals surface area (Å²) in [6.45, 7) is 1.05. The van der Waals surface area contributed by atoms with Crippen molar-refractivity contribution < 1.29 is 28.1 Å². The molecule has 0 bridgehead atoms. The van der Waals surface area contributed by atoms with Gasteiger partial charge in [-0.25, -0.2) is 9.74 Å². The average Bonchev–Trinajstić information content (AvgIpc) is 1.83. The Morgan fingerprint density at radius 2 is 2.18 bits per heavy atom. The molecule has 0 aliphatic carbocycles. The second-order valence-electron chi connectivity index (χ2n) is 2.12. The number of aliphatic hydroxyl groups excluding tert-OH is 1. The molecule has 11 heavy (non-hydrogen) atoms. The third kappa shape index (κ3) is 3.22. The molecule has 0 aromatic heterocycles. The Kier molecular flexibility index (Phi) is 3.31. The van der Waals surface area contributed by atoms with E-state index < -0.39 is 24.4 Å². The minimum Gasteiger partial charge on any atom is -0.393 e. The highest BCUT2D eigenvalue weighted by molar-refractivity contribution is 5.76. The molecule has 0 aliphatic heterocycles. The molecule has 1 atom stereocenters. The standard InChI is InChI=1S/C5H7F3O3/c1-3(9)2-5(6,7)4(10)11-8/h3,9H,2H2,1H3. The molecular weight excluding hydrogens is 165 g/mol. The number of carbonyl (C=O) groups is 1.